The Morgan fingerprint density at radius 2 is 2.28 bits per heavy atom. The molecule has 4 heteroatoms. The van der Waals surface area contributed by atoms with Crippen LogP contribution in [0.1, 0.15) is 44.2 Å². The van der Waals surface area contributed by atoms with Gasteiger partial charge in [0, 0.05) is 23.4 Å². The Morgan fingerprint density at radius 3 is 2.89 bits per heavy atom. The fourth-order valence-corrected chi connectivity index (χ4v) is 3.27. The molecule has 1 N–H and O–H groups in total. The van der Waals surface area contributed by atoms with Crippen LogP contribution in [0.4, 0.5) is 0 Å². The minimum atomic E-state index is -0.0338. The van der Waals surface area contributed by atoms with Gasteiger partial charge in [0.2, 0.25) is 5.91 Å². The van der Waals surface area contributed by atoms with Gasteiger partial charge in [0.1, 0.15) is 11.4 Å². The Labute approximate surface area is 115 Å². The molecule has 0 aromatic heterocycles. The Morgan fingerprint density at radius 1 is 1.50 bits per heavy atom. The molecule has 1 atom stereocenters. The van der Waals surface area contributed by atoms with Gasteiger partial charge >= 0.3 is 0 Å². The predicted octanol–water partition coefficient (Wildman–Crippen LogP) is 3.33. The smallest absolute Gasteiger partial charge is 0.217 e. The van der Waals surface area contributed by atoms with Crippen LogP contribution < -0.4 is 10.1 Å². The normalized spacial score (nSPS) is 23.8. The summed E-state index contributed by atoms with van der Waals surface area (Å²) in [7, 11) is 0. The average Bonchev–Trinajstić information content (AvgIpc) is 2.27. The number of nitrogens with one attached hydrogen (secondary N) is 1. The lowest BCUT2D eigenvalue weighted by atomic mass is 9.73. The lowest BCUT2D eigenvalue weighted by molar-refractivity contribution is -0.120. The molecule has 1 aromatic rings. The number of benzene rings is 1. The molecule has 2 aliphatic rings. The van der Waals surface area contributed by atoms with Crippen LogP contribution in [0.25, 0.3) is 0 Å². The fraction of sp³-hybridized carbons (Fsp3) is 0.500. The lowest BCUT2D eigenvalue weighted by Gasteiger charge is -2.48. The predicted molar refractivity (Wildman–Crippen MR) is 72.5 cm³/mol. The van der Waals surface area contributed by atoms with Gasteiger partial charge in [-0.1, -0.05) is 15.9 Å². The van der Waals surface area contributed by atoms with E-state index in [0.29, 0.717) is 0 Å². The van der Waals surface area contributed by atoms with E-state index in [2.05, 4.69) is 21.2 Å². The number of rotatable bonds is 1. The molecular formula is C14H16BrNO2. The maximum atomic E-state index is 11.4. The number of carbonyl (C=O) groups excluding carboxylic acids is 1. The standard InChI is InChI=1S/C14H16BrNO2/c1-9(17)16-12-8-14(5-2-6-14)18-13-4-3-10(15)7-11(12)13/h3-4,7,12H,2,5-6,8H2,1H3,(H,16,17). The van der Waals surface area contributed by atoms with Crippen molar-refractivity contribution in [3.63, 3.8) is 0 Å². The first kappa shape index (κ1) is 12.0. The summed E-state index contributed by atoms with van der Waals surface area (Å²) in [5.74, 6) is 0.935. The van der Waals surface area contributed by atoms with Crippen LogP contribution >= 0.6 is 15.9 Å². The van der Waals surface area contributed by atoms with Gasteiger partial charge in [-0.3, -0.25) is 4.79 Å². The van der Waals surface area contributed by atoms with E-state index >= 15 is 0 Å². The van der Waals surface area contributed by atoms with E-state index in [9.17, 15) is 4.79 Å². The van der Waals surface area contributed by atoms with Gasteiger partial charge in [-0.15, -0.1) is 0 Å². The molecule has 1 amide bonds. The van der Waals surface area contributed by atoms with E-state index in [0.717, 1.165) is 35.0 Å². The highest BCUT2D eigenvalue weighted by molar-refractivity contribution is 9.10. The first-order chi connectivity index (χ1) is 8.58. The third-order valence-corrected chi connectivity index (χ3v) is 4.39. The monoisotopic (exact) mass is 309 g/mol. The third kappa shape index (κ3) is 2.03. The average molecular weight is 310 g/mol. The van der Waals surface area contributed by atoms with Crippen molar-refractivity contribution < 1.29 is 9.53 Å². The van der Waals surface area contributed by atoms with Gasteiger partial charge in [-0.2, -0.15) is 0 Å². The summed E-state index contributed by atoms with van der Waals surface area (Å²) in [5, 5.41) is 3.05. The second kappa shape index (κ2) is 4.26. The van der Waals surface area contributed by atoms with Crippen molar-refractivity contribution in [3.8, 4) is 5.75 Å². The highest BCUT2D eigenvalue weighted by atomic mass is 79.9. The van der Waals surface area contributed by atoms with E-state index in [4.69, 9.17) is 4.74 Å². The van der Waals surface area contributed by atoms with Gasteiger partial charge in [0.15, 0.2) is 0 Å². The molecule has 3 rings (SSSR count). The number of amides is 1. The Hall–Kier alpha value is -1.03. The van der Waals surface area contributed by atoms with Crippen LogP contribution in [0.15, 0.2) is 22.7 Å². The molecule has 1 aliphatic carbocycles. The van der Waals surface area contributed by atoms with Crippen molar-refractivity contribution >= 4 is 21.8 Å². The zero-order valence-corrected chi connectivity index (χ0v) is 11.9. The molecule has 0 bridgehead atoms. The summed E-state index contributed by atoms with van der Waals surface area (Å²) >= 11 is 3.48. The van der Waals surface area contributed by atoms with Crippen LogP contribution in [0, 0.1) is 0 Å². The number of halogens is 1. The molecule has 0 radical (unpaired) electrons. The number of hydrogen-bond acceptors (Lipinski definition) is 2. The SMILES string of the molecule is CC(=O)NC1CC2(CCC2)Oc2ccc(Br)cc21. The zero-order valence-electron chi connectivity index (χ0n) is 10.3. The largest absolute Gasteiger partial charge is 0.487 e. The molecule has 1 fully saturated rings. The molecule has 1 spiro atoms. The van der Waals surface area contributed by atoms with Crippen molar-refractivity contribution in [3.05, 3.63) is 28.2 Å². The number of ether oxygens (including phenoxy) is 1. The molecule has 3 nitrogen and oxygen atoms in total. The second-order valence-electron chi connectivity index (χ2n) is 5.28. The summed E-state index contributed by atoms with van der Waals surface area (Å²) in [5.41, 5.74) is 1.05. The van der Waals surface area contributed by atoms with Crippen molar-refractivity contribution in [1.82, 2.24) is 5.32 Å². The number of carbonyl (C=O) groups is 1. The maximum absolute atomic E-state index is 11.4. The number of fused-ring (bicyclic) bond motifs is 1. The van der Waals surface area contributed by atoms with Gasteiger partial charge in [-0.25, -0.2) is 0 Å². The minimum absolute atomic E-state index is 0.0160. The van der Waals surface area contributed by atoms with E-state index < -0.39 is 0 Å². The van der Waals surface area contributed by atoms with Crippen LogP contribution in [0.2, 0.25) is 0 Å². The number of hydrogen-bond donors (Lipinski definition) is 1. The Bertz CT molecular complexity index is 497. The van der Waals surface area contributed by atoms with Crippen LogP contribution in [-0.4, -0.2) is 11.5 Å². The summed E-state index contributed by atoms with van der Waals surface area (Å²) in [6, 6.07) is 6.10. The molecular weight excluding hydrogens is 294 g/mol. The van der Waals surface area contributed by atoms with Gasteiger partial charge in [0.25, 0.3) is 0 Å². The molecule has 1 aromatic carbocycles. The van der Waals surface area contributed by atoms with E-state index in [1.807, 2.05) is 18.2 Å². The molecule has 0 saturated heterocycles. The van der Waals surface area contributed by atoms with E-state index in [1.54, 1.807) is 6.92 Å². The second-order valence-corrected chi connectivity index (χ2v) is 6.19. The van der Waals surface area contributed by atoms with Crippen LogP contribution in [-0.2, 0) is 4.79 Å². The molecule has 96 valence electrons. The fourth-order valence-electron chi connectivity index (χ4n) is 2.89. The molecule has 1 heterocycles. The summed E-state index contributed by atoms with van der Waals surface area (Å²) < 4.78 is 7.17. The van der Waals surface area contributed by atoms with Gasteiger partial charge < -0.3 is 10.1 Å². The summed E-state index contributed by atoms with van der Waals surface area (Å²) in [4.78, 5) is 11.4. The van der Waals surface area contributed by atoms with Crippen LogP contribution in [0.5, 0.6) is 5.75 Å². The lowest BCUT2D eigenvalue weighted by Crippen LogP contribution is -2.49. The van der Waals surface area contributed by atoms with Gasteiger partial charge in [0.05, 0.1) is 6.04 Å². The summed E-state index contributed by atoms with van der Waals surface area (Å²) in [6.45, 7) is 1.57. The Kier molecular flexibility index (Phi) is 2.85. The van der Waals surface area contributed by atoms with Crippen LogP contribution in [0.3, 0.4) is 0 Å². The molecule has 1 saturated carbocycles. The zero-order chi connectivity index (χ0) is 12.8. The minimum Gasteiger partial charge on any atom is -0.487 e. The summed E-state index contributed by atoms with van der Waals surface area (Å²) in [6.07, 6.45) is 4.30. The molecule has 18 heavy (non-hydrogen) atoms. The first-order valence-electron chi connectivity index (χ1n) is 6.34. The van der Waals surface area contributed by atoms with E-state index in [1.165, 1.54) is 6.42 Å². The highest BCUT2D eigenvalue weighted by Crippen LogP contribution is 2.49. The topological polar surface area (TPSA) is 38.3 Å². The van der Waals surface area contributed by atoms with Crippen molar-refractivity contribution in [2.75, 3.05) is 0 Å². The quantitative estimate of drug-likeness (QED) is 0.864. The maximum Gasteiger partial charge on any atom is 0.217 e. The molecule has 1 unspecified atom stereocenters. The molecule has 1 aliphatic heterocycles. The van der Waals surface area contributed by atoms with E-state index in [-0.39, 0.29) is 17.6 Å². The third-order valence-electron chi connectivity index (χ3n) is 3.89. The highest BCUT2D eigenvalue weighted by Gasteiger charge is 2.45. The van der Waals surface area contributed by atoms with Crippen molar-refractivity contribution in [2.24, 2.45) is 0 Å². The Balaban J connectivity index is 1.97. The van der Waals surface area contributed by atoms with Crippen molar-refractivity contribution in [2.45, 2.75) is 44.2 Å². The first-order valence-corrected chi connectivity index (χ1v) is 7.13. The van der Waals surface area contributed by atoms with Gasteiger partial charge in [-0.05, 0) is 37.5 Å². The van der Waals surface area contributed by atoms with Crippen molar-refractivity contribution in [1.29, 1.82) is 0 Å².